The largest absolute Gasteiger partial charge is 0.308 e. The van der Waals surface area contributed by atoms with Gasteiger partial charge in [0.2, 0.25) is 0 Å². The van der Waals surface area contributed by atoms with E-state index < -0.39 is 14.9 Å². The molecule has 0 heterocycles. The number of rotatable bonds is 5. The SMILES string of the molecule is O=[N+]([O-])c1cccc(S(=O)(=O)NNc2ccc(Br)cc2)c1. The summed E-state index contributed by atoms with van der Waals surface area (Å²) < 4.78 is 24.9. The summed E-state index contributed by atoms with van der Waals surface area (Å²) in [6.45, 7) is 0. The number of nitro benzene ring substituents is 1. The molecular weight excluding hydrogens is 362 g/mol. The van der Waals surface area contributed by atoms with Crippen molar-refractivity contribution in [1.29, 1.82) is 0 Å². The van der Waals surface area contributed by atoms with Crippen molar-refractivity contribution in [2.75, 3.05) is 5.43 Å². The van der Waals surface area contributed by atoms with Crippen molar-refractivity contribution in [1.82, 2.24) is 4.83 Å². The van der Waals surface area contributed by atoms with Crippen LogP contribution in [0.3, 0.4) is 0 Å². The lowest BCUT2D eigenvalue weighted by molar-refractivity contribution is -0.385. The first-order valence-electron chi connectivity index (χ1n) is 5.66. The third-order valence-corrected chi connectivity index (χ3v) is 4.29. The summed E-state index contributed by atoms with van der Waals surface area (Å²) in [5.74, 6) is 0. The van der Waals surface area contributed by atoms with E-state index in [0.717, 1.165) is 10.5 Å². The van der Waals surface area contributed by atoms with Crippen LogP contribution in [0, 0.1) is 10.1 Å². The van der Waals surface area contributed by atoms with Crippen molar-refractivity contribution in [2.24, 2.45) is 0 Å². The molecule has 0 aromatic heterocycles. The molecule has 0 aliphatic rings. The normalized spacial score (nSPS) is 11.1. The second-order valence-electron chi connectivity index (χ2n) is 3.99. The number of anilines is 1. The van der Waals surface area contributed by atoms with Crippen LogP contribution in [-0.4, -0.2) is 13.3 Å². The van der Waals surface area contributed by atoms with Gasteiger partial charge >= 0.3 is 0 Å². The minimum absolute atomic E-state index is 0.193. The van der Waals surface area contributed by atoms with Crippen LogP contribution < -0.4 is 10.3 Å². The van der Waals surface area contributed by atoms with Gasteiger partial charge in [-0.2, -0.15) is 0 Å². The predicted molar refractivity (Wildman–Crippen MR) is 81.2 cm³/mol. The van der Waals surface area contributed by atoms with Gasteiger partial charge in [-0.15, -0.1) is 4.83 Å². The highest BCUT2D eigenvalue weighted by atomic mass is 79.9. The molecular formula is C12H10BrN3O4S. The lowest BCUT2D eigenvalue weighted by Gasteiger charge is -2.09. The second-order valence-corrected chi connectivity index (χ2v) is 6.59. The molecule has 7 nitrogen and oxygen atoms in total. The first-order chi connectivity index (χ1) is 9.88. The summed E-state index contributed by atoms with van der Waals surface area (Å²) in [5, 5.41) is 10.7. The van der Waals surface area contributed by atoms with Crippen LogP contribution in [0.4, 0.5) is 11.4 Å². The fourth-order valence-corrected chi connectivity index (χ4v) is 2.65. The van der Waals surface area contributed by atoms with Gasteiger partial charge in [-0.1, -0.05) is 22.0 Å². The Kier molecular flexibility index (Phi) is 4.56. The van der Waals surface area contributed by atoms with Crippen molar-refractivity contribution >= 4 is 37.3 Å². The maximum absolute atomic E-state index is 12.0. The molecule has 0 radical (unpaired) electrons. The van der Waals surface area contributed by atoms with Crippen LogP contribution in [0.25, 0.3) is 0 Å². The van der Waals surface area contributed by atoms with Gasteiger partial charge in [0.25, 0.3) is 15.7 Å². The molecule has 110 valence electrons. The van der Waals surface area contributed by atoms with Gasteiger partial charge in [0, 0.05) is 22.3 Å². The molecule has 0 spiro atoms. The zero-order chi connectivity index (χ0) is 15.5. The topological polar surface area (TPSA) is 101 Å². The van der Waals surface area contributed by atoms with E-state index >= 15 is 0 Å². The van der Waals surface area contributed by atoms with Crippen LogP contribution in [0.15, 0.2) is 57.9 Å². The number of nitrogens with one attached hydrogen (secondary N) is 2. The van der Waals surface area contributed by atoms with Crippen LogP contribution >= 0.6 is 15.9 Å². The zero-order valence-electron chi connectivity index (χ0n) is 10.5. The minimum atomic E-state index is -3.90. The molecule has 2 aromatic rings. The van der Waals surface area contributed by atoms with Gasteiger partial charge in [-0.25, -0.2) is 8.42 Å². The molecule has 2 rings (SSSR count). The highest BCUT2D eigenvalue weighted by Gasteiger charge is 2.17. The molecule has 0 saturated heterocycles. The monoisotopic (exact) mass is 371 g/mol. The first-order valence-corrected chi connectivity index (χ1v) is 7.94. The minimum Gasteiger partial charge on any atom is -0.308 e. The molecule has 0 aliphatic heterocycles. The van der Waals surface area contributed by atoms with Gasteiger partial charge in [-0.05, 0) is 30.3 Å². The van der Waals surface area contributed by atoms with E-state index in [4.69, 9.17) is 0 Å². The number of nitro groups is 1. The summed E-state index contributed by atoms with van der Waals surface area (Å²) in [7, 11) is -3.90. The van der Waals surface area contributed by atoms with E-state index in [-0.39, 0.29) is 10.6 Å². The van der Waals surface area contributed by atoms with E-state index in [0.29, 0.717) is 5.69 Å². The summed E-state index contributed by atoms with van der Waals surface area (Å²) in [6.07, 6.45) is 0. The highest BCUT2D eigenvalue weighted by molar-refractivity contribution is 9.10. The molecule has 0 atom stereocenters. The average Bonchev–Trinajstić information content (AvgIpc) is 2.47. The molecule has 2 aromatic carbocycles. The Hall–Kier alpha value is -1.97. The van der Waals surface area contributed by atoms with Crippen molar-refractivity contribution in [3.8, 4) is 0 Å². The predicted octanol–water partition coefficient (Wildman–Crippen LogP) is 2.66. The van der Waals surface area contributed by atoms with Crippen molar-refractivity contribution in [3.05, 3.63) is 63.1 Å². The van der Waals surface area contributed by atoms with Crippen molar-refractivity contribution < 1.29 is 13.3 Å². The number of hydrogen-bond donors (Lipinski definition) is 2. The Bertz CT molecular complexity index is 762. The van der Waals surface area contributed by atoms with Crippen molar-refractivity contribution in [2.45, 2.75) is 4.90 Å². The Morgan fingerprint density at radius 3 is 2.38 bits per heavy atom. The zero-order valence-corrected chi connectivity index (χ0v) is 12.9. The van der Waals surface area contributed by atoms with Gasteiger partial charge in [0.15, 0.2) is 0 Å². The molecule has 0 fully saturated rings. The molecule has 0 saturated carbocycles. The smallest absolute Gasteiger partial charge is 0.270 e. The number of sulfonamides is 1. The van der Waals surface area contributed by atoms with E-state index in [1.54, 1.807) is 24.3 Å². The Labute approximate surface area is 129 Å². The molecule has 0 amide bonds. The molecule has 9 heteroatoms. The summed E-state index contributed by atoms with van der Waals surface area (Å²) in [5.41, 5.74) is 2.77. The van der Waals surface area contributed by atoms with Crippen LogP contribution in [0.5, 0.6) is 0 Å². The molecule has 0 aliphatic carbocycles. The fraction of sp³-hybridized carbons (Fsp3) is 0. The number of hydrogen-bond acceptors (Lipinski definition) is 5. The number of hydrazine groups is 1. The first kappa shape index (κ1) is 15.4. The Balaban J connectivity index is 2.16. The maximum atomic E-state index is 12.0. The number of halogens is 1. The maximum Gasteiger partial charge on any atom is 0.270 e. The molecule has 2 N–H and O–H groups in total. The van der Waals surface area contributed by atoms with E-state index in [2.05, 4.69) is 26.2 Å². The van der Waals surface area contributed by atoms with Crippen LogP contribution in [0.2, 0.25) is 0 Å². The summed E-state index contributed by atoms with van der Waals surface area (Å²) >= 11 is 3.26. The van der Waals surface area contributed by atoms with Crippen LogP contribution in [-0.2, 0) is 10.0 Å². The summed E-state index contributed by atoms with van der Waals surface area (Å²) in [6, 6.07) is 11.6. The Morgan fingerprint density at radius 2 is 1.76 bits per heavy atom. The van der Waals surface area contributed by atoms with Crippen molar-refractivity contribution in [3.63, 3.8) is 0 Å². The molecule has 21 heavy (non-hydrogen) atoms. The number of benzene rings is 2. The van der Waals surface area contributed by atoms with Gasteiger partial charge < -0.3 is 5.43 Å². The van der Waals surface area contributed by atoms with E-state index in [1.165, 1.54) is 18.2 Å². The van der Waals surface area contributed by atoms with E-state index in [1.807, 2.05) is 0 Å². The van der Waals surface area contributed by atoms with E-state index in [9.17, 15) is 18.5 Å². The third-order valence-electron chi connectivity index (χ3n) is 2.51. The lowest BCUT2D eigenvalue weighted by atomic mass is 10.3. The highest BCUT2D eigenvalue weighted by Crippen LogP contribution is 2.18. The lowest BCUT2D eigenvalue weighted by Crippen LogP contribution is -2.29. The number of non-ortho nitro benzene ring substituents is 1. The quantitative estimate of drug-likeness (QED) is 0.621. The summed E-state index contributed by atoms with van der Waals surface area (Å²) in [4.78, 5) is 12.0. The Morgan fingerprint density at radius 1 is 1.10 bits per heavy atom. The van der Waals surface area contributed by atoms with Gasteiger partial charge in [0.05, 0.1) is 9.82 Å². The second kappa shape index (κ2) is 6.20. The third kappa shape index (κ3) is 4.00. The molecule has 0 bridgehead atoms. The van der Waals surface area contributed by atoms with Gasteiger partial charge in [0.1, 0.15) is 0 Å². The average molecular weight is 372 g/mol. The number of nitrogens with zero attached hydrogens (tertiary/aromatic N) is 1. The molecule has 0 unspecified atom stereocenters. The fourth-order valence-electron chi connectivity index (χ4n) is 1.48. The van der Waals surface area contributed by atoms with Gasteiger partial charge in [-0.3, -0.25) is 10.1 Å². The van der Waals surface area contributed by atoms with Crippen LogP contribution in [0.1, 0.15) is 0 Å². The standard InChI is InChI=1S/C12H10BrN3O4S/c13-9-4-6-10(7-5-9)14-15-21(19,20)12-3-1-2-11(8-12)16(17)18/h1-8,14-15H.